The van der Waals surface area contributed by atoms with Crippen molar-refractivity contribution < 1.29 is 17.7 Å². The first-order valence-electron chi connectivity index (χ1n) is 5.22. The summed E-state index contributed by atoms with van der Waals surface area (Å²) < 4.78 is 43.6. The van der Waals surface area contributed by atoms with Crippen molar-refractivity contribution >= 4 is 0 Å². The minimum Gasteiger partial charge on any atom is -0.316 e. The number of hydrogen-bond acceptors (Lipinski definition) is 3. The SMILES string of the molecule is Cn1c(=O)on(Cc2cccc(C(F)(F)F)c2)c1=O. The third kappa shape index (κ3) is 2.61. The Morgan fingerprint density at radius 2 is 1.95 bits per heavy atom. The van der Waals surface area contributed by atoms with Gasteiger partial charge in [-0.25, -0.2) is 14.2 Å². The Bertz CT molecular complexity index is 709. The van der Waals surface area contributed by atoms with E-state index in [0.717, 1.165) is 16.7 Å². The Labute approximate surface area is 104 Å². The van der Waals surface area contributed by atoms with Gasteiger partial charge in [-0.05, 0) is 17.7 Å². The van der Waals surface area contributed by atoms with Gasteiger partial charge in [0.1, 0.15) is 0 Å². The van der Waals surface area contributed by atoms with Crippen LogP contribution in [0.1, 0.15) is 11.1 Å². The molecule has 5 nitrogen and oxygen atoms in total. The molecule has 0 radical (unpaired) electrons. The molecule has 0 aliphatic carbocycles. The van der Waals surface area contributed by atoms with Crippen LogP contribution < -0.4 is 11.4 Å². The van der Waals surface area contributed by atoms with Crippen LogP contribution in [0.2, 0.25) is 0 Å². The van der Waals surface area contributed by atoms with Gasteiger partial charge in [-0.3, -0.25) is 0 Å². The summed E-state index contributed by atoms with van der Waals surface area (Å²) in [5, 5.41) is 0. The van der Waals surface area contributed by atoms with E-state index in [0.29, 0.717) is 4.74 Å². The predicted octanol–water partition coefficient (Wildman–Crippen LogP) is 1.21. The Balaban J connectivity index is 2.37. The smallest absolute Gasteiger partial charge is 0.316 e. The van der Waals surface area contributed by atoms with Crippen molar-refractivity contribution in [2.45, 2.75) is 12.7 Å². The maximum Gasteiger partial charge on any atom is 0.442 e. The molecule has 2 aromatic rings. The van der Waals surface area contributed by atoms with E-state index >= 15 is 0 Å². The van der Waals surface area contributed by atoms with E-state index in [-0.39, 0.29) is 12.1 Å². The zero-order valence-corrected chi connectivity index (χ0v) is 9.77. The fourth-order valence-electron chi connectivity index (χ4n) is 1.55. The molecule has 0 amide bonds. The Kier molecular flexibility index (Phi) is 3.09. The fourth-order valence-corrected chi connectivity index (χ4v) is 1.55. The van der Waals surface area contributed by atoms with Gasteiger partial charge < -0.3 is 4.52 Å². The van der Waals surface area contributed by atoms with Crippen LogP contribution in [-0.4, -0.2) is 9.31 Å². The number of nitrogens with zero attached hydrogens (tertiary/aromatic N) is 2. The molecule has 0 N–H and O–H groups in total. The molecule has 0 spiro atoms. The first-order chi connectivity index (χ1) is 8.79. The van der Waals surface area contributed by atoms with Crippen LogP contribution in [0.5, 0.6) is 0 Å². The van der Waals surface area contributed by atoms with Gasteiger partial charge in [-0.2, -0.15) is 13.2 Å². The van der Waals surface area contributed by atoms with E-state index in [9.17, 15) is 22.8 Å². The van der Waals surface area contributed by atoms with Crippen LogP contribution in [-0.2, 0) is 19.8 Å². The van der Waals surface area contributed by atoms with E-state index < -0.39 is 23.2 Å². The maximum absolute atomic E-state index is 12.5. The molecule has 0 fully saturated rings. The monoisotopic (exact) mass is 274 g/mol. The van der Waals surface area contributed by atoms with E-state index in [1.807, 2.05) is 0 Å². The summed E-state index contributed by atoms with van der Waals surface area (Å²) >= 11 is 0. The average Bonchev–Trinajstić information content (AvgIpc) is 2.56. The standard InChI is InChI=1S/C11H9F3N2O3/c1-15-9(17)16(19-10(15)18)6-7-3-2-4-8(5-7)11(12,13)14/h2-5H,6H2,1H3. The predicted molar refractivity (Wildman–Crippen MR) is 58.8 cm³/mol. The topological polar surface area (TPSA) is 57.1 Å². The number of benzene rings is 1. The van der Waals surface area contributed by atoms with Gasteiger partial charge in [0, 0.05) is 7.05 Å². The molecule has 0 bridgehead atoms. The van der Waals surface area contributed by atoms with E-state index in [2.05, 4.69) is 4.52 Å². The number of rotatable bonds is 2. The Morgan fingerprint density at radius 1 is 1.26 bits per heavy atom. The first-order valence-corrected chi connectivity index (χ1v) is 5.22. The lowest BCUT2D eigenvalue weighted by Gasteiger charge is -2.08. The molecular formula is C11H9F3N2O3. The van der Waals surface area contributed by atoms with Crippen molar-refractivity contribution in [3.05, 3.63) is 56.4 Å². The highest BCUT2D eigenvalue weighted by Crippen LogP contribution is 2.29. The highest BCUT2D eigenvalue weighted by Gasteiger charge is 2.30. The second-order valence-corrected chi connectivity index (χ2v) is 3.93. The average molecular weight is 274 g/mol. The van der Waals surface area contributed by atoms with Gasteiger partial charge >= 0.3 is 17.6 Å². The van der Waals surface area contributed by atoms with Crippen molar-refractivity contribution in [3.63, 3.8) is 0 Å². The first kappa shape index (κ1) is 13.2. The molecule has 8 heteroatoms. The van der Waals surface area contributed by atoms with Crippen LogP contribution >= 0.6 is 0 Å². The second kappa shape index (κ2) is 4.45. The third-order valence-electron chi connectivity index (χ3n) is 2.54. The zero-order chi connectivity index (χ0) is 14.2. The molecule has 19 heavy (non-hydrogen) atoms. The Hall–Kier alpha value is -2.25. The van der Waals surface area contributed by atoms with Crippen molar-refractivity contribution in [2.24, 2.45) is 7.05 Å². The summed E-state index contributed by atoms with van der Waals surface area (Å²) in [5.41, 5.74) is -1.33. The summed E-state index contributed by atoms with van der Waals surface area (Å²) in [7, 11) is 1.22. The fraction of sp³-hybridized carbons (Fsp3) is 0.273. The van der Waals surface area contributed by atoms with Crippen LogP contribution in [0.4, 0.5) is 13.2 Å². The summed E-state index contributed by atoms with van der Waals surface area (Å²) in [4.78, 5) is 22.6. The quantitative estimate of drug-likeness (QED) is 0.827. The molecule has 0 saturated carbocycles. The van der Waals surface area contributed by atoms with E-state index in [1.54, 1.807) is 0 Å². The normalized spacial score (nSPS) is 11.8. The summed E-state index contributed by atoms with van der Waals surface area (Å²) in [6.45, 7) is -0.237. The molecule has 1 aromatic heterocycles. The summed E-state index contributed by atoms with van der Waals surface area (Å²) in [6, 6.07) is 4.46. The largest absolute Gasteiger partial charge is 0.442 e. The number of alkyl halides is 3. The minimum absolute atomic E-state index is 0.214. The van der Waals surface area contributed by atoms with Crippen molar-refractivity contribution in [1.82, 2.24) is 9.31 Å². The third-order valence-corrected chi connectivity index (χ3v) is 2.54. The molecule has 0 atom stereocenters. The molecule has 2 rings (SSSR count). The van der Waals surface area contributed by atoms with Crippen molar-refractivity contribution in [1.29, 1.82) is 0 Å². The lowest BCUT2D eigenvalue weighted by Crippen LogP contribution is -2.26. The van der Waals surface area contributed by atoms with Gasteiger partial charge in [-0.1, -0.05) is 12.1 Å². The molecular weight excluding hydrogens is 265 g/mol. The minimum atomic E-state index is -4.46. The van der Waals surface area contributed by atoms with Crippen LogP contribution in [0.3, 0.4) is 0 Å². The lowest BCUT2D eigenvalue weighted by atomic mass is 10.1. The Morgan fingerprint density at radius 3 is 2.47 bits per heavy atom. The molecule has 0 aliphatic rings. The van der Waals surface area contributed by atoms with Gasteiger partial charge in [0.05, 0.1) is 12.1 Å². The van der Waals surface area contributed by atoms with Crippen LogP contribution in [0.15, 0.2) is 38.4 Å². The molecule has 1 heterocycles. The van der Waals surface area contributed by atoms with Gasteiger partial charge in [0.15, 0.2) is 0 Å². The van der Waals surface area contributed by atoms with Gasteiger partial charge in [0.2, 0.25) is 0 Å². The van der Waals surface area contributed by atoms with Gasteiger partial charge in [0.25, 0.3) is 0 Å². The van der Waals surface area contributed by atoms with E-state index in [1.165, 1.54) is 19.2 Å². The highest BCUT2D eigenvalue weighted by atomic mass is 19.4. The zero-order valence-electron chi connectivity index (χ0n) is 9.77. The highest BCUT2D eigenvalue weighted by molar-refractivity contribution is 5.25. The number of hydrogen-bond donors (Lipinski definition) is 0. The van der Waals surface area contributed by atoms with Gasteiger partial charge in [-0.15, -0.1) is 4.74 Å². The molecule has 0 aliphatic heterocycles. The molecule has 0 unspecified atom stereocenters. The number of aromatic nitrogens is 2. The second-order valence-electron chi connectivity index (χ2n) is 3.93. The number of halogens is 3. The molecule has 1 aromatic carbocycles. The summed E-state index contributed by atoms with van der Waals surface area (Å²) in [6.07, 6.45) is -4.46. The molecule has 102 valence electrons. The summed E-state index contributed by atoms with van der Waals surface area (Å²) in [5.74, 6) is -0.864. The van der Waals surface area contributed by atoms with Crippen molar-refractivity contribution in [3.8, 4) is 0 Å². The molecule has 0 saturated heterocycles. The maximum atomic E-state index is 12.5. The van der Waals surface area contributed by atoms with E-state index in [4.69, 9.17) is 0 Å². The van der Waals surface area contributed by atoms with Crippen LogP contribution in [0.25, 0.3) is 0 Å². The lowest BCUT2D eigenvalue weighted by molar-refractivity contribution is -0.137. The van der Waals surface area contributed by atoms with Crippen LogP contribution in [0, 0.1) is 0 Å². The van der Waals surface area contributed by atoms with Crippen molar-refractivity contribution in [2.75, 3.05) is 0 Å².